The molecular formula is C16H15F2NO3. The molecule has 2 rings (SSSR count). The molecule has 1 amide bonds. The molecule has 0 aromatic heterocycles. The zero-order valence-electron chi connectivity index (χ0n) is 11.6. The van der Waals surface area contributed by atoms with E-state index in [4.69, 9.17) is 9.94 Å². The van der Waals surface area contributed by atoms with Crippen LogP contribution in [0.1, 0.15) is 23.7 Å². The molecule has 22 heavy (non-hydrogen) atoms. The number of rotatable bonds is 6. The van der Waals surface area contributed by atoms with Gasteiger partial charge in [-0.1, -0.05) is 24.3 Å². The summed E-state index contributed by atoms with van der Waals surface area (Å²) in [6.45, 7) is 0.0474. The maximum absolute atomic E-state index is 13.0. The summed E-state index contributed by atoms with van der Waals surface area (Å²) in [5.41, 5.74) is 2.87. The van der Waals surface area contributed by atoms with Gasteiger partial charge in [0.15, 0.2) is 0 Å². The molecule has 0 aliphatic carbocycles. The van der Waals surface area contributed by atoms with Crippen molar-refractivity contribution in [3.63, 3.8) is 0 Å². The van der Waals surface area contributed by atoms with Gasteiger partial charge in [-0.3, -0.25) is 10.0 Å². The van der Waals surface area contributed by atoms with Gasteiger partial charge >= 0.3 is 0 Å². The van der Waals surface area contributed by atoms with Crippen LogP contribution in [0.5, 0.6) is 0 Å². The standard InChI is InChI=1S/C16H15F2NO3/c17-13-5-1-11(2-6-13)16(22-10-9-15(20)19-21)12-3-7-14(18)8-4-12/h1-8,16,21H,9-10H2,(H,19,20). The van der Waals surface area contributed by atoms with E-state index in [2.05, 4.69) is 0 Å². The molecule has 0 heterocycles. The summed E-state index contributed by atoms with van der Waals surface area (Å²) in [6, 6.07) is 11.5. The molecule has 2 aromatic rings. The van der Waals surface area contributed by atoms with Crippen LogP contribution in [0.4, 0.5) is 8.78 Å². The van der Waals surface area contributed by atoms with Gasteiger partial charge in [0.25, 0.3) is 0 Å². The van der Waals surface area contributed by atoms with Crippen molar-refractivity contribution in [2.75, 3.05) is 6.61 Å². The lowest BCUT2D eigenvalue weighted by Gasteiger charge is -2.19. The second-order valence-corrected chi connectivity index (χ2v) is 4.64. The van der Waals surface area contributed by atoms with Gasteiger partial charge in [0, 0.05) is 0 Å². The monoisotopic (exact) mass is 307 g/mol. The van der Waals surface area contributed by atoms with Gasteiger partial charge in [0.1, 0.15) is 17.7 Å². The normalized spacial score (nSPS) is 10.7. The topological polar surface area (TPSA) is 58.6 Å². The Balaban J connectivity index is 2.18. The minimum atomic E-state index is -0.572. The maximum Gasteiger partial charge on any atom is 0.245 e. The van der Waals surface area contributed by atoms with E-state index in [1.54, 1.807) is 24.3 Å². The smallest absolute Gasteiger partial charge is 0.245 e. The highest BCUT2D eigenvalue weighted by atomic mass is 19.1. The molecule has 0 fully saturated rings. The Hall–Kier alpha value is -2.31. The van der Waals surface area contributed by atoms with E-state index < -0.39 is 12.0 Å². The molecule has 116 valence electrons. The van der Waals surface area contributed by atoms with E-state index in [0.29, 0.717) is 11.1 Å². The van der Waals surface area contributed by atoms with Crippen LogP contribution in [-0.4, -0.2) is 17.7 Å². The van der Waals surface area contributed by atoms with Gasteiger partial charge in [0.05, 0.1) is 13.0 Å². The fourth-order valence-electron chi connectivity index (χ4n) is 1.99. The Kier molecular flexibility index (Phi) is 5.57. The molecule has 4 nitrogen and oxygen atoms in total. The number of halogens is 2. The highest BCUT2D eigenvalue weighted by Gasteiger charge is 2.15. The van der Waals surface area contributed by atoms with Crippen LogP contribution in [0.3, 0.4) is 0 Å². The molecule has 0 saturated heterocycles. The van der Waals surface area contributed by atoms with Crippen LogP contribution in [-0.2, 0) is 9.53 Å². The predicted molar refractivity (Wildman–Crippen MR) is 75.1 cm³/mol. The number of ether oxygens (including phenoxy) is 1. The first-order valence-corrected chi connectivity index (χ1v) is 6.65. The third-order valence-corrected chi connectivity index (χ3v) is 3.08. The average molecular weight is 307 g/mol. The third-order valence-electron chi connectivity index (χ3n) is 3.08. The van der Waals surface area contributed by atoms with Crippen LogP contribution in [0.2, 0.25) is 0 Å². The van der Waals surface area contributed by atoms with Crippen LogP contribution >= 0.6 is 0 Å². The summed E-state index contributed by atoms with van der Waals surface area (Å²) in [7, 11) is 0. The Morgan fingerprint density at radius 2 is 1.45 bits per heavy atom. The Bertz CT molecular complexity index is 569. The molecule has 0 atom stereocenters. The molecule has 0 unspecified atom stereocenters. The number of amides is 1. The molecule has 2 N–H and O–H groups in total. The van der Waals surface area contributed by atoms with E-state index >= 15 is 0 Å². The molecule has 0 aliphatic rings. The zero-order valence-corrected chi connectivity index (χ0v) is 11.6. The number of hydrogen-bond donors (Lipinski definition) is 2. The minimum absolute atomic E-state index is 0.0324. The van der Waals surface area contributed by atoms with Crippen molar-refractivity contribution in [1.29, 1.82) is 0 Å². The number of nitrogens with one attached hydrogen (secondary N) is 1. The van der Waals surface area contributed by atoms with Crippen LogP contribution in [0.15, 0.2) is 48.5 Å². The maximum atomic E-state index is 13.0. The summed E-state index contributed by atoms with van der Waals surface area (Å²) < 4.78 is 31.7. The first kappa shape index (κ1) is 16.1. The quantitative estimate of drug-likeness (QED) is 0.637. The van der Waals surface area contributed by atoms with Gasteiger partial charge in [-0.15, -0.1) is 0 Å². The second-order valence-electron chi connectivity index (χ2n) is 4.64. The van der Waals surface area contributed by atoms with Crippen molar-refractivity contribution in [2.24, 2.45) is 0 Å². The number of carbonyl (C=O) groups excluding carboxylic acids is 1. The zero-order chi connectivity index (χ0) is 15.9. The number of benzene rings is 2. The lowest BCUT2D eigenvalue weighted by atomic mass is 10.0. The van der Waals surface area contributed by atoms with Crippen molar-refractivity contribution in [1.82, 2.24) is 5.48 Å². The molecule has 0 bridgehead atoms. The second kappa shape index (κ2) is 7.63. The van der Waals surface area contributed by atoms with Crippen molar-refractivity contribution in [3.05, 3.63) is 71.3 Å². The lowest BCUT2D eigenvalue weighted by molar-refractivity contribution is -0.130. The molecule has 0 spiro atoms. The molecular weight excluding hydrogens is 292 g/mol. The van der Waals surface area contributed by atoms with Crippen molar-refractivity contribution < 1.29 is 23.5 Å². The number of carbonyl (C=O) groups is 1. The molecule has 0 saturated carbocycles. The van der Waals surface area contributed by atoms with Gasteiger partial charge in [-0.2, -0.15) is 0 Å². The summed E-state index contributed by atoms with van der Waals surface area (Å²) >= 11 is 0. The SMILES string of the molecule is O=C(CCOC(c1ccc(F)cc1)c1ccc(F)cc1)NO. The van der Waals surface area contributed by atoms with Crippen molar-refractivity contribution in [3.8, 4) is 0 Å². The third kappa shape index (κ3) is 4.34. The predicted octanol–water partition coefficient (Wildman–Crippen LogP) is 2.97. The van der Waals surface area contributed by atoms with Gasteiger partial charge in [-0.05, 0) is 35.4 Å². The van der Waals surface area contributed by atoms with Gasteiger partial charge in [0.2, 0.25) is 5.91 Å². The molecule has 0 radical (unpaired) electrons. The highest BCUT2D eigenvalue weighted by Crippen LogP contribution is 2.26. The Labute approximate surface area is 126 Å². The van der Waals surface area contributed by atoms with E-state index in [1.165, 1.54) is 29.7 Å². The van der Waals surface area contributed by atoms with E-state index in [1.807, 2.05) is 0 Å². The van der Waals surface area contributed by atoms with Crippen molar-refractivity contribution in [2.45, 2.75) is 12.5 Å². The Morgan fingerprint density at radius 1 is 1.00 bits per heavy atom. The Morgan fingerprint density at radius 3 is 1.86 bits per heavy atom. The fraction of sp³-hybridized carbons (Fsp3) is 0.188. The van der Waals surface area contributed by atoms with E-state index in [0.717, 1.165) is 0 Å². The first-order chi connectivity index (χ1) is 10.6. The number of hydrogen-bond acceptors (Lipinski definition) is 3. The van der Waals surface area contributed by atoms with E-state index in [9.17, 15) is 13.6 Å². The molecule has 0 aliphatic heterocycles. The van der Waals surface area contributed by atoms with Crippen LogP contribution < -0.4 is 5.48 Å². The number of hydroxylamine groups is 1. The molecule has 2 aromatic carbocycles. The average Bonchev–Trinajstić information content (AvgIpc) is 2.53. The largest absolute Gasteiger partial charge is 0.368 e. The van der Waals surface area contributed by atoms with Crippen LogP contribution in [0.25, 0.3) is 0 Å². The fourth-order valence-corrected chi connectivity index (χ4v) is 1.99. The summed E-state index contributed by atoms with van der Waals surface area (Å²) in [5.74, 6) is -1.32. The summed E-state index contributed by atoms with van der Waals surface area (Å²) in [5, 5.41) is 8.46. The summed E-state index contributed by atoms with van der Waals surface area (Å²) in [4.78, 5) is 11.0. The minimum Gasteiger partial charge on any atom is -0.368 e. The van der Waals surface area contributed by atoms with Gasteiger partial charge < -0.3 is 4.74 Å². The molecule has 6 heteroatoms. The van der Waals surface area contributed by atoms with Gasteiger partial charge in [-0.25, -0.2) is 14.3 Å². The van der Waals surface area contributed by atoms with E-state index in [-0.39, 0.29) is 24.7 Å². The van der Waals surface area contributed by atoms with Crippen molar-refractivity contribution >= 4 is 5.91 Å². The summed E-state index contributed by atoms with van der Waals surface area (Å²) in [6.07, 6.45) is -0.595. The highest BCUT2D eigenvalue weighted by molar-refractivity contribution is 5.74. The lowest BCUT2D eigenvalue weighted by Crippen LogP contribution is -2.21. The van der Waals surface area contributed by atoms with Crippen LogP contribution in [0, 0.1) is 11.6 Å². The first-order valence-electron chi connectivity index (χ1n) is 6.65.